The average molecular weight is 429 g/mol. The Morgan fingerprint density at radius 1 is 1.08 bits per heavy atom. The van der Waals surface area contributed by atoms with Crippen LogP contribution in [0.3, 0.4) is 0 Å². The zero-order valence-electron chi connectivity index (χ0n) is 12.7. The molecule has 0 aliphatic carbocycles. The molecule has 128 valence electrons. The summed E-state index contributed by atoms with van der Waals surface area (Å²) in [6.45, 7) is 0.494. The van der Waals surface area contributed by atoms with E-state index < -0.39 is 10.0 Å². The first-order valence-corrected chi connectivity index (χ1v) is 10.4. The molecule has 0 atom stereocenters. The fourth-order valence-electron chi connectivity index (χ4n) is 1.92. The fraction of sp³-hybridized carbons (Fsp3) is 0.188. The molecule has 0 aromatic heterocycles. The average Bonchev–Trinajstić information content (AvgIpc) is 2.54. The van der Waals surface area contributed by atoms with Crippen LogP contribution < -0.4 is 10.5 Å². The summed E-state index contributed by atoms with van der Waals surface area (Å²) in [6.07, 6.45) is 0.625. The van der Waals surface area contributed by atoms with E-state index in [2.05, 4.69) is 21.2 Å². The summed E-state index contributed by atoms with van der Waals surface area (Å²) in [4.78, 5) is 12.9. The topological polar surface area (TPSA) is 89.3 Å². The van der Waals surface area contributed by atoms with Crippen LogP contribution in [0.25, 0.3) is 0 Å². The number of nitrogens with two attached hydrogens (primary N) is 1. The number of thioether (sulfide) groups is 1. The summed E-state index contributed by atoms with van der Waals surface area (Å²) in [5.74, 6) is 0.315. The normalized spacial score (nSPS) is 11.2. The zero-order valence-corrected chi connectivity index (χ0v) is 16.0. The maximum atomic E-state index is 11.8. The minimum absolute atomic E-state index is 0.0379. The molecular weight excluding hydrogens is 412 g/mol. The zero-order chi connectivity index (χ0) is 17.6. The lowest BCUT2D eigenvalue weighted by Crippen LogP contribution is -2.27. The maximum Gasteiger partial charge on any atom is 0.238 e. The molecule has 0 radical (unpaired) electrons. The van der Waals surface area contributed by atoms with Gasteiger partial charge in [-0.05, 0) is 48.4 Å². The quantitative estimate of drug-likeness (QED) is 0.662. The third-order valence-electron chi connectivity index (χ3n) is 3.17. The Balaban J connectivity index is 1.73. The number of nitrogens with one attached hydrogen (secondary N) is 1. The summed E-state index contributed by atoms with van der Waals surface area (Å²) in [6, 6.07) is 14.1. The largest absolute Gasteiger partial charge is 0.355 e. The van der Waals surface area contributed by atoms with E-state index in [0.29, 0.717) is 18.7 Å². The molecule has 2 aromatic carbocycles. The number of carbonyl (C=O) groups excluding carboxylic acids is 1. The molecular formula is C16H17BrN2O3S2. The van der Waals surface area contributed by atoms with Gasteiger partial charge in [-0.15, -0.1) is 11.8 Å². The third-order valence-corrected chi connectivity index (χ3v) is 5.64. The van der Waals surface area contributed by atoms with Gasteiger partial charge in [0.25, 0.3) is 0 Å². The Kier molecular flexibility index (Phi) is 6.85. The predicted octanol–water partition coefficient (Wildman–Crippen LogP) is 2.55. The van der Waals surface area contributed by atoms with Crippen molar-refractivity contribution in [2.45, 2.75) is 16.2 Å². The second kappa shape index (κ2) is 8.66. The van der Waals surface area contributed by atoms with E-state index in [4.69, 9.17) is 5.14 Å². The van der Waals surface area contributed by atoms with Gasteiger partial charge in [-0.2, -0.15) is 0 Å². The number of rotatable bonds is 7. The van der Waals surface area contributed by atoms with Gasteiger partial charge in [-0.25, -0.2) is 13.6 Å². The molecule has 0 fully saturated rings. The highest BCUT2D eigenvalue weighted by atomic mass is 79.9. The van der Waals surface area contributed by atoms with E-state index in [9.17, 15) is 13.2 Å². The minimum Gasteiger partial charge on any atom is -0.355 e. The highest BCUT2D eigenvalue weighted by Crippen LogP contribution is 2.20. The predicted molar refractivity (Wildman–Crippen MR) is 99.4 cm³/mol. The molecule has 1 amide bonds. The van der Waals surface area contributed by atoms with E-state index in [1.165, 1.54) is 23.9 Å². The molecule has 0 saturated carbocycles. The maximum absolute atomic E-state index is 11.8. The molecule has 0 heterocycles. The van der Waals surface area contributed by atoms with Gasteiger partial charge >= 0.3 is 0 Å². The highest BCUT2D eigenvalue weighted by molar-refractivity contribution is 9.10. The van der Waals surface area contributed by atoms with Gasteiger partial charge in [0.05, 0.1) is 10.6 Å². The second-order valence-corrected chi connectivity index (χ2v) is 8.56. The molecule has 0 unspecified atom stereocenters. The Bertz CT molecular complexity index is 791. The number of hydrogen-bond acceptors (Lipinski definition) is 4. The SMILES string of the molecule is NS(=O)(=O)c1ccc(CCNC(=O)CSc2ccc(Br)cc2)cc1. The Hall–Kier alpha value is -1.35. The van der Waals surface area contributed by atoms with Crippen molar-refractivity contribution in [1.82, 2.24) is 5.32 Å². The van der Waals surface area contributed by atoms with Gasteiger partial charge < -0.3 is 5.32 Å². The van der Waals surface area contributed by atoms with Crippen molar-refractivity contribution in [2.24, 2.45) is 5.14 Å². The summed E-state index contributed by atoms with van der Waals surface area (Å²) in [5.41, 5.74) is 0.934. The van der Waals surface area contributed by atoms with Crippen LogP contribution in [-0.4, -0.2) is 26.6 Å². The summed E-state index contributed by atoms with van der Waals surface area (Å²) < 4.78 is 23.3. The second-order valence-electron chi connectivity index (χ2n) is 5.03. The van der Waals surface area contributed by atoms with Crippen LogP contribution in [0.2, 0.25) is 0 Å². The smallest absolute Gasteiger partial charge is 0.238 e. The molecule has 0 aliphatic heterocycles. The molecule has 2 rings (SSSR count). The van der Waals surface area contributed by atoms with Gasteiger partial charge in [0.15, 0.2) is 0 Å². The van der Waals surface area contributed by atoms with Crippen LogP contribution in [0.4, 0.5) is 0 Å². The van der Waals surface area contributed by atoms with Gasteiger partial charge in [-0.3, -0.25) is 4.79 Å². The number of sulfonamides is 1. The van der Waals surface area contributed by atoms with Crippen LogP contribution in [0.5, 0.6) is 0 Å². The van der Waals surface area contributed by atoms with Crippen LogP contribution in [0.15, 0.2) is 62.8 Å². The van der Waals surface area contributed by atoms with Crippen molar-refractivity contribution in [3.8, 4) is 0 Å². The van der Waals surface area contributed by atoms with Crippen molar-refractivity contribution < 1.29 is 13.2 Å². The Morgan fingerprint density at radius 2 is 1.71 bits per heavy atom. The summed E-state index contributed by atoms with van der Waals surface area (Å²) >= 11 is 4.84. The van der Waals surface area contributed by atoms with Crippen molar-refractivity contribution in [3.05, 3.63) is 58.6 Å². The Labute approximate surface area is 154 Å². The minimum atomic E-state index is -3.67. The van der Waals surface area contributed by atoms with Crippen LogP contribution in [0, 0.1) is 0 Å². The summed E-state index contributed by atoms with van der Waals surface area (Å²) in [7, 11) is -3.67. The first-order valence-electron chi connectivity index (χ1n) is 7.11. The first kappa shape index (κ1) is 19.0. The highest BCUT2D eigenvalue weighted by Gasteiger charge is 2.07. The molecule has 5 nitrogen and oxygen atoms in total. The summed E-state index contributed by atoms with van der Waals surface area (Å²) in [5, 5.41) is 7.89. The number of benzene rings is 2. The van der Waals surface area contributed by atoms with Crippen molar-refractivity contribution in [3.63, 3.8) is 0 Å². The first-order chi connectivity index (χ1) is 11.3. The fourth-order valence-corrected chi connectivity index (χ4v) is 3.43. The standard InChI is InChI=1S/C16H17BrN2O3S2/c17-13-3-5-14(6-4-13)23-11-16(20)19-10-9-12-1-7-15(8-2-12)24(18,21)22/h1-8H,9-11H2,(H,19,20)(H2,18,21,22). The van der Waals surface area contributed by atoms with E-state index in [1.54, 1.807) is 12.1 Å². The van der Waals surface area contributed by atoms with Crippen molar-refractivity contribution >= 4 is 43.6 Å². The van der Waals surface area contributed by atoms with Crippen LogP contribution in [0.1, 0.15) is 5.56 Å². The number of halogens is 1. The van der Waals surface area contributed by atoms with Gasteiger partial charge in [0.2, 0.25) is 15.9 Å². The number of amides is 1. The Morgan fingerprint density at radius 3 is 2.29 bits per heavy atom. The van der Waals surface area contributed by atoms with Crippen LogP contribution in [-0.2, 0) is 21.2 Å². The van der Waals surface area contributed by atoms with Gasteiger partial charge in [-0.1, -0.05) is 28.1 Å². The molecule has 0 aliphatic rings. The molecule has 3 N–H and O–H groups in total. The number of primary sulfonamides is 1. The number of carbonyl (C=O) groups is 1. The monoisotopic (exact) mass is 428 g/mol. The van der Waals surface area contributed by atoms with Crippen LogP contribution >= 0.6 is 27.7 Å². The van der Waals surface area contributed by atoms with E-state index >= 15 is 0 Å². The molecule has 0 spiro atoms. The third kappa shape index (κ3) is 6.27. The lowest BCUT2D eigenvalue weighted by molar-refractivity contribution is -0.118. The number of hydrogen-bond donors (Lipinski definition) is 2. The lowest BCUT2D eigenvalue weighted by atomic mass is 10.1. The molecule has 8 heteroatoms. The van der Waals surface area contributed by atoms with E-state index in [0.717, 1.165) is 14.9 Å². The van der Waals surface area contributed by atoms with Crippen molar-refractivity contribution in [2.75, 3.05) is 12.3 Å². The van der Waals surface area contributed by atoms with E-state index in [-0.39, 0.29) is 10.8 Å². The molecule has 0 bridgehead atoms. The van der Waals surface area contributed by atoms with E-state index in [1.807, 2.05) is 24.3 Å². The lowest BCUT2D eigenvalue weighted by Gasteiger charge is -2.06. The van der Waals surface area contributed by atoms with Crippen molar-refractivity contribution in [1.29, 1.82) is 0 Å². The van der Waals surface area contributed by atoms with Gasteiger partial charge in [0, 0.05) is 15.9 Å². The molecule has 24 heavy (non-hydrogen) atoms. The molecule has 2 aromatic rings. The molecule has 0 saturated heterocycles. The van der Waals surface area contributed by atoms with Gasteiger partial charge in [0.1, 0.15) is 0 Å².